The number of allylic oxidation sites excluding steroid dienone is 4. The summed E-state index contributed by atoms with van der Waals surface area (Å²) in [4.78, 5) is 9.79. The highest BCUT2D eigenvalue weighted by atomic mass is 14.8. The first kappa shape index (κ1) is 21.9. The third-order valence-electron chi connectivity index (χ3n) is 6.02. The topological polar surface area (TPSA) is 24.7 Å². The van der Waals surface area contributed by atoms with Gasteiger partial charge in [-0.1, -0.05) is 71.4 Å². The average Bonchev–Trinajstić information content (AvgIpc) is 2.56. The second-order valence-corrected chi connectivity index (χ2v) is 10.4. The van der Waals surface area contributed by atoms with E-state index in [-0.39, 0.29) is 10.8 Å². The summed E-state index contributed by atoms with van der Waals surface area (Å²) >= 11 is 0. The van der Waals surface area contributed by atoms with Gasteiger partial charge < -0.3 is 0 Å². The molecule has 2 rings (SSSR count). The first-order valence-corrected chi connectivity index (χ1v) is 10.6. The summed E-state index contributed by atoms with van der Waals surface area (Å²) in [7, 11) is 0. The van der Waals surface area contributed by atoms with Gasteiger partial charge in [-0.25, -0.2) is 0 Å². The molecule has 0 aliphatic heterocycles. The van der Waals surface area contributed by atoms with Crippen LogP contribution < -0.4 is 0 Å². The molecule has 0 aromatic rings. The van der Waals surface area contributed by atoms with Crippen molar-refractivity contribution >= 4 is 11.4 Å². The van der Waals surface area contributed by atoms with Crippen molar-refractivity contribution in [1.29, 1.82) is 0 Å². The van der Waals surface area contributed by atoms with Crippen LogP contribution in [0.5, 0.6) is 0 Å². The zero-order chi connectivity index (χ0) is 20.2. The van der Waals surface area contributed by atoms with Gasteiger partial charge in [-0.15, -0.1) is 0 Å². The van der Waals surface area contributed by atoms with Gasteiger partial charge in [0.1, 0.15) is 0 Å². The predicted molar refractivity (Wildman–Crippen MR) is 121 cm³/mol. The van der Waals surface area contributed by atoms with E-state index in [9.17, 15) is 0 Å². The molecular weight excluding hydrogens is 328 g/mol. The summed E-state index contributed by atoms with van der Waals surface area (Å²) < 4.78 is 0. The molecule has 150 valence electrons. The maximum atomic E-state index is 4.91. The fourth-order valence-corrected chi connectivity index (χ4v) is 3.22. The number of aliphatic imine (C=N–C) groups is 2. The summed E-state index contributed by atoms with van der Waals surface area (Å²) in [5.74, 6) is 0.756. The molecule has 2 aliphatic carbocycles. The van der Waals surface area contributed by atoms with Crippen molar-refractivity contribution in [1.82, 2.24) is 0 Å². The first-order chi connectivity index (χ1) is 12.4. The Morgan fingerprint density at radius 3 is 2.11 bits per heavy atom. The molecule has 0 N–H and O–H groups in total. The minimum absolute atomic E-state index is 0.164. The van der Waals surface area contributed by atoms with Crippen molar-refractivity contribution in [3.05, 3.63) is 35.6 Å². The van der Waals surface area contributed by atoms with E-state index in [1.54, 1.807) is 0 Å². The maximum Gasteiger partial charge on any atom is 0.0717 e. The average molecular weight is 369 g/mol. The minimum Gasteiger partial charge on any atom is -0.286 e. The van der Waals surface area contributed by atoms with Crippen LogP contribution in [-0.4, -0.2) is 17.5 Å². The molecule has 0 aromatic carbocycles. The van der Waals surface area contributed by atoms with Gasteiger partial charge in [-0.3, -0.25) is 9.98 Å². The van der Waals surface area contributed by atoms with Crippen molar-refractivity contribution in [3.8, 4) is 0 Å². The molecule has 0 heterocycles. The Hall–Kier alpha value is -1.44. The fourth-order valence-electron chi connectivity index (χ4n) is 3.22. The molecule has 2 aliphatic rings. The zero-order valence-corrected chi connectivity index (χ0v) is 18.9. The Balaban J connectivity index is 1.88. The van der Waals surface area contributed by atoms with Crippen LogP contribution in [-0.2, 0) is 0 Å². The third kappa shape index (κ3) is 6.90. The van der Waals surface area contributed by atoms with Crippen LogP contribution in [0, 0.1) is 16.7 Å². The van der Waals surface area contributed by atoms with Gasteiger partial charge >= 0.3 is 0 Å². The smallest absolute Gasteiger partial charge is 0.0717 e. The number of rotatable bonds is 4. The highest BCUT2D eigenvalue weighted by Crippen LogP contribution is 2.32. The van der Waals surface area contributed by atoms with Crippen LogP contribution in [0.4, 0.5) is 0 Å². The Morgan fingerprint density at radius 2 is 1.63 bits per heavy atom. The van der Waals surface area contributed by atoms with Crippen LogP contribution in [0.2, 0.25) is 0 Å². The van der Waals surface area contributed by atoms with Crippen molar-refractivity contribution < 1.29 is 0 Å². The number of hydrogen-bond donors (Lipinski definition) is 0. The lowest BCUT2D eigenvalue weighted by Gasteiger charge is -2.24. The molecule has 2 nitrogen and oxygen atoms in total. The molecule has 0 saturated carbocycles. The molecule has 0 saturated heterocycles. The monoisotopic (exact) mass is 368 g/mol. The summed E-state index contributed by atoms with van der Waals surface area (Å²) in [6, 6.07) is 0.320. The van der Waals surface area contributed by atoms with Gasteiger partial charge in [0.25, 0.3) is 0 Å². The van der Waals surface area contributed by atoms with Gasteiger partial charge in [-0.2, -0.15) is 0 Å². The molecule has 0 amide bonds. The Bertz CT molecular complexity index is 672. The van der Waals surface area contributed by atoms with E-state index in [1.165, 1.54) is 35.5 Å². The molecule has 0 aromatic heterocycles. The molecule has 27 heavy (non-hydrogen) atoms. The van der Waals surface area contributed by atoms with Gasteiger partial charge in [0, 0.05) is 17.1 Å². The second-order valence-electron chi connectivity index (χ2n) is 10.4. The Kier molecular flexibility index (Phi) is 7.05. The lowest BCUT2D eigenvalue weighted by Crippen LogP contribution is -2.19. The lowest BCUT2D eigenvalue weighted by molar-refractivity contribution is 0.465. The normalized spacial score (nSPS) is 25.3. The van der Waals surface area contributed by atoms with Crippen LogP contribution in [0.1, 0.15) is 87.5 Å². The van der Waals surface area contributed by atoms with Crippen molar-refractivity contribution in [2.75, 3.05) is 0 Å². The molecule has 0 fully saturated rings. The third-order valence-corrected chi connectivity index (χ3v) is 6.02. The summed E-state index contributed by atoms with van der Waals surface area (Å²) in [5.41, 5.74) is 5.59. The number of hydrogen-bond acceptors (Lipinski definition) is 2. The van der Waals surface area contributed by atoms with E-state index in [4.69, 9.17) is 9.98 Å². The largest absolute Gasteiger partial charge is 0.286 e. The van der Waals surface area contributed by atoms with Gasteiger partial charge in [0.2, 0.25) is 0 Å². The quantitative estimate of drug-likeness (QED) is 0.464. The van der Waals surface area contributed by atoms with Crippen LogP contribution in [0.25, 0.3) is 0 Å². The van der Waals surface area contributed by atoms with Crippen LogP contribution in [0.3, 0.4) is 0 Å². The van der Waals surface area contributed by atoms with Crippen LogP contribution >= 0.6 is 0 Å². The molecule has 0 radical (unpaired) electrons. The zero-order valence-electron chi connectivity index (χ0n) is 18.9. The first-order valence-electron chi connectivity index (χ1n) is 10.6. The Morgan fingerprint density at radius 1 is 0.963 bits per heavy atom. The SMILES string of the molecule is CC(=NC1=CCC(CC2=CCC(N=C(C)C(C)(C)C)C=C2)CC1)C(C)(C)C. The summed E-state index contributed by atoms with van der Waals surface area (Å²) in [6.45, 7) is 17.7. The van der Waals surface area contributed by atoms with E-state index in [2.05, 4.69) is 79.7 Å². The lowest BCUT2D eigenvalue weighted by atomic mass is 9.85. The van der Waals surface area contributed by atoms with Crippen LogP contribution in [0.15, 0.2) is 45.6 Å². The van der Waals surface area contributed by atoms with Crippen molar-refractivity contribution in [3.63, 3.8) is 0 Å². The highest BCUT2D eigenvalue weighted by molar-refractivity contribution is 5.88. The van der Waals surface area contributed by atoms with E-state index < -0.39 is 0 Å². The summed E-state index contributed by atoms with van der Waals surface area (Å²) in [5, 5.41) is 0. The van der Waals surface area contributed by atoms with E-state index in [0.717, 1.165) is 25.2 Å². The second kappa shape index (κ2) is 8.71. The maximum absolute atomic E-state index is 4.91. The molecule has 2 atom stereocenters. The minimum atomic E-state index is 0.164. The fraction of sp³-hybridized carbons (Fsp3) is 0.680. The van der Waals surface area contributed by atoms with Gasteiger partial charge in [0.05, 0.1) is 6.04 Å². The van der Waals surface area contributed by atoms with Crippen molar-refractivity contribution in [2.24, 2.45) is 26.7 Å². The van der Waals surface area contributed by atoms with E-state index >= 15 is 0 Å². The molecule has 0 bridgehead atoms. The molecule has 2 heteroatoms. The molecular formula is C25H40N2. The molecule has 2 unspecified atom stereocenters. The van der Waals surface area contributed by atoms with E-state index in [1.807, 2.05) is 0 Å². The Labute approximate surface area is 167 Å². The summed E-state index contributed by atoms with van der Waals surface area (Å²) in [6.07, 6.45) is 15.2. The highest BCUT2D eigenvalue weighted by Gasteiger charge is 2.20. The van der Waals surface area contributed by atoms with Gasteiger partial charge in [0.15, 0.2) is 0 Å². The molecule has 0 spiro atoms. The van der Waals surface area contributed by atoms with E-state index in [0.29, 0.717) is 6.04 Å². The van der Waals surface area contributed by atoms with Gasteiger partial charge in [-0.05, 0) is 62.7 Å². The number of nitrogens with zero attached hydrogens (tertiary/aromatic N) is 2. The predicted octanol–water partition coefficient (Wildman–Crippen LogP) is 7.33. The van der Waals surface area contributed by atoms with Crippen molar-refractivity contribution in [2.45, 2.75) is 93.5 Å². The standard InChI is InChI=1S/C25H40N2/c1-18(24(3,4)5)26-22-13-9-20(10-14-22)17-21-11-15-23(16-12-21)27-19(2)25(6,7)8/h9-10,13,15,21-22H,11-12,14,16-17H2,1-8H3.